The molecule has 0 heterocycles. The lowest BCUT2D eigenvalue weighted by atomic mass is 9.84. The fourth-order valence-electron chi connectivity index (χ4n) is 2.52. The Hall–Kier alpha value is -1.70. The van der Waals surface area contributed by atoms with Gasteiger partial charge in [-0.25, -0.2) is 0 Å². The predicted octanol–water partition coefficient (Wildman–Crippen LogP) is 6.18. The lowest BCUT2D eigenvalue weighted by Crippen LogP contribution is -2.71. The summed E-state index contributed by atoms with van der Waals surface area (Å²) in [6.07, 6.45) is -9.31. The van der Waals surface area contributed by atoms with Gasteiger partial charge in [-0.1, -0.05) is 13.5 Å². The van der Waals surface area contributed by atoms with Gasteiger partial charge >= 0.3 is 35.8 Å². The number of likely N-dealkylation sites (N-methyl/N-ethyl adjacent to an activating group) is 1. The summed E-state index contributed by atoms with van der Waals surface area (Å²) in [7, 11) is 1.13. The van der Waals surface area contributed by atoms with E-state index in [2.05, 4.69) is 6.58 Å². The van der Waals surface area contributed by atoms with Gasteiger partial charge in [0.25, 0.3) is 0 Å². The van der Waals surface area contributed by atoms with Crippen molar-refractivity contribution >= 4 is 5.91 Å². The second-order valence-electron chi connectivity index (χ2n) is 6.63. The number of carbonyl (C=O) groups excluding carboxylic acids is 1. The van der Waals surface area contributed by atoms with Crippen LogP contribution >= 0.6 is 0 Å². The average Bonchev–Trinajstić information content (AvgIpc) is 2.62. The first-order valence-electron chi connectivity index (χ1n) is 8.41. The second kappa shape index (κ2) is 9.04. The molecule has 0 aliphatic rings. The number of amides is 1. The van der Waals surface area contributed by atoms with Gasteiger partial charge in [-0.05, 0) is 25.3 Å². The van der Waals surface area contributed by atoms with E-state index < -0.39 is 66.9 Å². The van der Waals surface area contributed by atoms with Gasteiger partial charge in [0, 0.05) is 19.5 Å². The van der Waals surface area contributed by atoms with E-state index in [9.17, 15) is 61.9 Å². The SMILES string of the molecule is C=CC(=O)N(C)CCCC(CC)C(F)(F)C(F)(F)C(F)(F)C(F)(F)C(F)(F)C(F)(F)F. The van der Waals surface area contributed by atoms with E-state index in [0.717, 1.165) is 24.9 Å². The minimum Gasteiger partial charge on any atom is -0.342 e. The Morgan fingerprint density at radius 2 is 1.26 bits per heavy atom. The zero-order chi connectivity index (χ0) is 25.3. The third kappa shape index (κ3) is 4.89. The molecule has 0 aromatic rings. The third-order valence-electron chi connectivity index (χ3n) is 4.56. The van der Waals surface area contributed by atoms with Crippen LogP contribution in [0.4, 0.5) is 57.1 Å². The molecule has 2 nitrogen and oxygen atoms in total. The van der Waals surface area contributed by atoms with Crippen LogP contribution in [0.3, 0.4) is 0 Å². The van der Waals surface area contributed by atoms with Crippen molar-refractivity contribution in [1.29, 1.82) is 0 Å². The Kier molecular flexibility index (Phi) is 8.55. The van der Waals surface area contributed by atoms with Gasteiger partial charge in [-0.2, -0.15) is 57.1 Å². The van der Waals surface area contributed by atoms with Crippen molar-refractivity contribution in [1.82, 2.24) is 4.90 Å². The maximum Gasteiger partial charge on any atom is 0.460 e. The van der Waals surface area contributed by atoms with Crippen LogP contribution in [0.25, 0.3) is 0 Å². The molecule has 0 aromatic carbocycles. The maximum atomic E-state index is 14.1. The van der Waals surface area contributed by atoms with Gasteiger partial charge in [0.05, 0.1) is 0 Å². The zero-order valence-electron chi connectivity index (χ0n) is 16.0. The predicted molar refractivity (Wildman–Crippen MR) is 81.6 cm³/mol. The molecule has 0 aliphatic heterocycles. The Morgan fingerprint density at radius 3 is 1.61 bits per heavy atom. The summed E-state index contributed by atoms with van der Waals surface area (Å²) in [5.74, 6) is -40.4. The van der Waals surface area contributed by atoms with Crippen LogP contribution in [-0.4, -0.2) is 60.2 Å². The van der Waals surface area contributed by atoms with Crippen LogP contribution in [-0.2, 0) is 4.79 Å². The average molecular weight is 487 g/mol. The largest absolute Gasteiger partial charge is 0.460 e. The normalized spacial score (nSPS) is 15.6. The van der Waals surface area contributed by atoms with Crippen molar-refractivity contribution in [3.8, 4) is 0 Å². The molecule has 0 N–H and O–H groups in total. The quantitative estimate of drug-likeness (QED) is 0.252. The van der Waals surface area contributed by atoms with Crippen LogP contribution in [0.1, 0.15) is 26.2 Å². The molecule has 184 valence electrons. The number of carbonyl (C=O) groups is 1. The van der Waals surface area contributed by atoms with E-state index in [0.29, 0.717) is 0 Å². The van der Waals surface area contributed by atoms with Gasteiger partial charge in [-0.3, -0.25) is 4.79 Å². The Bertz CT molecular complexity index is 642. The monoisotopic (exact) mass is 487 g/mol. The smallest absolute Gasteiger partial charge is 0.342 e. The molecule has 0 fully saturated rings. The first-order valence-corrected chi connectivity index (χ1v) is 8.41. The molecular formula is C16H18F13NO. The molecule has 0 bridgehead atoms. The van der Waals surface area contributed by atoms with Crippen molar-refractivity contribution in [3.63, 3.8) is 0 Å². The lowest BCUT2D eigenvalue weighted by Gasteiger charge is -2.41. The summed E-state index contributed by atoms with van der Waals surface area (Å²) >= 11 is 0. The fourth-order valence-corrected chi connectivity index (χ4v) is 2.52. The Morgan fingerprint density at radius 1 is 0.839 bits per heavy atom. The van der Waals surface area contributed by atoms with E-state index in [-0.39, 0.29) is 6.54 Å². The molecule has 0 spiro atoms. The molecule has 15 heteroatoms. The van der Waals surface area contributed by atoms with Crippen LogP contribution in [0.5, 0.6) is 0 Å². The highest BCUT2D eigenvalue weighted by Gasteiger charge is 2.91. The third-order valence-corrected chi connectivity index (χ3v) is 4.56. The molecule has 0 radical (unpaired) electrons. The van der Waals surface area contributed by atoms with Crippen molar-refractivity contribution in [3.05, 3.63) is 12.7 Å². The van der Waals surface area contributed by atoms with Gasteiger partial charge in [0.1, 0.15) is 0 Å². The maximum absolute atomic E-state index is 14.1. The van der Waals surface area contributed by atoms with Crippen LogP contribution in [0.2, 0.25) is 0 Å². The molecule has 0 saturated heterocycles. The highest BCUT2D eigenvalue weighted by atomic mass is 19.4. The fraction of sp³-hybridized carbons (Fsp3) is 0.812. The van der Waals surface area contributed by atoms with E-state index in [1.807, 2.05) is 0 Å². The number of nitrogens with zero attached hydrogens (tertiary/aromatic N) is 1. The highest BCUT2D eigenvalue weighted by molar-refractivity contribution is 5.86. The standard InChI is InChI=1S/C16H18F13NO/c1-4-9(7-6-8-30(3)10(31)5-2)11(17,18)12(19,20)13(21,22)14(23,24)15(25,26)16(27,28)29/h5,9H,2,4,6-8H2,1,3H3. The number of rotatable bonds is 11. The van der Waals surface area contributed by atoms with Crippen LogP contribution in [0.15, 0.2) is 12.7 Å². The summed E-state index contributed by atoms with van der Waals surface area (Å²) in [6, 6.07) is 0. The zero-order valence-corrected chi connectivity index (χ0v) is 16.0. The lowest BCUT2D eigenvalue weighted by molar-refractivity contribution is -0.443. The second-order valence-corrected chi connectivity index (χ2v) is 6.63. The molecule has 0 rings (SSSR count). The first kappa shape index (κ1) is 29.3. The molecule has 0 saturated carbocycles. The minimum absolute atomic E-state index is 0.387. The number of hydrogen-bond donors (Lipinski definition) is 0. The van der Waals surface area contributed by atoms with E-state index >= 15 is 0 Å². The number of hydrogen-bond acceptors (Lipinski definition) is 1. The summed E-state index contributed by atoms with van der Waals surface area (Å²) in [4.78, 5) is 12.1. The Balaban J connectivity index is 5.96. The summed E-state index contributed by atoms with van der Waals surface area (Å²) in [6.45, 7) is 3.46. The number of alkyl halides is 13. The van der Waals surface area contributed by atoms with Crippen LogP contribution < -0.4 is 0 Å². The summed E-state index contributed by atoms with van der Waals surface area (Å²) < 4.78 is 172. The molecule has 0 aliphatic carbocycles. The van der Waals surface area contributed by atoms with Gasteiger partial charge in [0.15, 0.2) is 0 Å². The van der Waals surface area contributed by atoms with Gasteiger partial charge < -0.3 is 4.90 Å². The van der Waals surface area contributed by atoms with E-state index in [4.69, 9.17) is 0 Å². The van der Waals surface area contributed by atoms with Crippen LogP contribution in [0, 0.1) is 5.92 Å². The molecule has 0 aromatic heterocycles. The van der Waals surface area contributed by atoms with Crippen molar-refractivity contribution in [2.75, 3.05) is 13.6 Å². The van der Waals surface area contributed by atoms with E-state index in [1.54, 1.807) is 0 Å². The van der Waals surface area contributed by atoms with Gasteiger partial charge in [0.2, 0.25) is 5.91 Å². The molecule has 1 unspecified atom stereocenters. The van der Waals surface area contributed by atoms with E-state index in [1.165, 1.54) is 0 Å². The molecule has 1 amide bonds. The summed E-state index contributed by atoms with van der Waals surface area (Å²) in [5.41, 5.74) is 0. The molecular weight excluding hydrogens is 469 g/mol. The van der Waals surface area contributed by atoms with Crippen molar-refractivity contribution in [2.24, 2.45) is 5.92 Å². The van der Waals surface area contributed by atoms with Gasteiger partial charge in [-0.15, -0.1) is 0 Å². The topological polar surface area (TPSA) is 20.3 Å². The Labute approximate surface area is 168 Å². The van der Waals surface area contributed by atoms with Crippen molar-refractivity contribution < 1.29 is 61.9 Å². The highest BCUT2D eigenvalue weighted by Crippen LogP contribution is 2.61. The minimum atomic E-state index is -7.90. The molecule has 31 heavy (non-hydrogen) atoms. The summed E-state index contributed by atoms with van der Waals surface area (Å²) in [5, 5.41) is 0. The number of halogens is 13. The molecule has 1 atom stereocenters. The first-order chi connectivity index (χ1) is 13.6. The van der Waals surface area contributed by atoms with Crippen molar-refractivity contribution in [2.45, 2.75) is 62.0 Å².